The monoisotopic (exact) mass is 419 g/mol. The van der Waals surface area contributed by atoms with Gasteiger partial charge in [-0.25, -0.2) is 0 Å². The molecule has 0 saturated heterocycles. The molecule has 1 aliphatic rings. The average Bonchev–Trinajstić information content (AvgIpc) is 2.72. The van der Waals surface area contributed by atoms with E-state index >= 15 is 0 Å². The number of methoxy groups -OCH3 is 1. The Morgan fingerprint density at radius 1 is 1.27 bits per heavy atom. The standard InChI is InChI=1S/C22H33N3O5/c1-7-21(27)23-17-8-9-19-18(10-17)22(28)24(5)12-20(29-6)14(2)11-25(16(4)26)15(3)13-30-19/h8-10,14-15,20H,7,11-13H2,1-6H3,(H,23,27)/t14-,15-,20-/m0/s1. The number of hydrogen-bond donors (Lipinski definition) is 1. The largest absolute Gasteiger partial charge is 0.491 e. The molecule has 1 aromatic carbocycles. The van der Waals surface area contributed by atoms with Crippen molar-refractivity contribution in [1.29, 1.82) is 0 Å². The quantitative estimate of drug-likeness (QED) is 0.813. The van der Waals surface area contributed by atoms with Gasteiger partial charge >= 0.3 is 0 Å². The van der Waals surface area contributed by atoms with E-state index in [1.807, 2.05) is 13.8 Å². The van der Waals surface area contributed by atoms with E-state index in [1.165, 1.54) is 0 Å². The van der Waals surface area contributed by atoms with Crippen molar-refractivity contribution in [3.63, 3.8) is 0 Å². The molecule has 30 heavy (non-hydrogen) atoms. The second-order valence-electron chi connectivity index (χ2n) is 7.88. The predicted molar refractivity (Wildman–Crippen MR) is 115 cm³/mol. The van der Waals surface area contributed by atoms with E-state index in [0.717, 1.165) is 0 Å². The third kappa shape index (κ3) is 5.72. The number of fused-ring (bicyclic) bond motifs is 1. The number of ether oxygens (including phenoxy) is 2. The molecule has 3 atom stereocenters. The minimum atomic E-state index is -0.236. The molecule has 8 heteroatoms. The van der Waals surface area contributed by atoms with Gasteiger partial charge < -0.3 is 24.6 Å². The van der Waals surface area contributed by atoms with E-state index in [-0.39, 0.29) is 42.4 Å². The maximum atomic E-state index is 13.2. The number of anilines is 1. The van der Waals surface area contributed by atoms with Crippen molar-refractivity contribution in [2.75, 3.05) is 39.2 Å². The Labute approximate surface area is 178 Å². The second-order valence-corrected chi connectivity index (χ2v) is 7.88. The van der Waals surface area contributed by atoms with E-state index in [9.17, 15) is 14.4 Å². The molecule has 0 spiro atoms. The first-order chi connectivity index (χ1) is 14.2. The molecule has 1 N–H and O–H groups in total. The first-order valence-electron chi connectivity index (χ1n) is 10.3. The van der Waals surface area contributed by atoms with Gasteiger partial charge in [-0.2, -0.15) is 0 Å². The van der Waals surface area contributed by atoms with E-state index in [1.54, 1.807) is 56.0 Å². The van der Waals surface area contributed by atoms with Crippen LogP contribution in [-0.2, 0) is 14.3 Å². The van der Waals surface area contributed by atoms with Crippen LogP contribution < -0.4 is 10.1 Å². The van der Waals surface area contributed by atoms with Gasteiger partial charge in [0.25, 0.3) is 5.91 Å². The minimum Gasteiger partial charge on any atom is -0.491 e. The van der Waals surface area contributed by atoms with Crippen molar-refractivity contribution >= 4 is 23.4 Å². The van der Waals surface area contributed by atoms with Crippen LogP contribution in [0.15, 0.2) is 18.2 Å². The molecule has 0 radical (unpaired) electrons. The summed E-state index contributed by atoms with van der Waals surface area (Å²) in [6, 6.07) is 4.84. The maximum absolute atomic E-state index is 13.2. The summed E-state index contributed by atoms with van der Waals surface area (Å²) in [5.41, 5.74) is 0.893. The number of carbonyl (C=O) groups excluding carboxylic acids is 3. The number of benzene rings is 1. The van der Waals surface area contributed by atoms with Gasteiger partial charge in [0, 0.05) is 52.2 Å². The number of hydrogen-bond acceptors (Lipinski definition) is 5. The van der Waals surface area contributed by atoms with Crippen LogP contribution in [0.3, 0.4) is 0 Å². The smallest absolute Gasteiger partial charge is 0.257 e. The van der Waals surface area contributed by atoms with Gasteiger partial charge in [-0.3, -0.25) is 14.4 Å². The molecule has 166 valence electrons. The van der Waals surface area contributed by atoms with Crippen LogP contribution in [0.25, 0.3) is 0 Å². The van der Waals surface area contributed by atoms with Crippen molar-refractivity contribution in [1.82, 2.24) is 9.80 Å². The zero-order valence-electron chi connectivity index (χ0n) is 18.7. The number of nitrogens with one attached hydrogen (secondary N) is 1. The summed E-state index contributed by atoms with van der Waals surface area (Å²) in [4.78, 5) is 40.6. The van der Waals surface area contributed by atoms with Gasteiger partial charge in [0.15, 0.2) is 0 Å². The maximum Gasteiger partial charge on any atom is 0.257 e. The highest BCUT2D eigenvalue weighted by molar-refractivity contribution is 5.99. The Morgan fingerprint density at radius 3 is 2.57 bits per heavy atom. The second kappa shape index (κ2) is 10.4. The minimum absolute atomic E-state index is 0.0191. The molecular weight excluding hydrogens is 386 g/mol. The summed E-state index contributed by atoms with van der Waals surface area (Å²) in [5.74, 6) is 0.0458. The zero-order chi connectivity index (χ0) is 22.4. The molecule has 8 nitrogen and oxygen atoms in total. The highest BCUT2D eigenvalue weighted by Gasteiger charge is 2.29. The van der Waals surface area contributed by atoms with Crippen LogP contribution >= 0.6 is 0 Å². The molecule has 1 aliphatic heterocycles. The van der Waals surface area contributed by atoms with E-state index in [4.69, 9.17) is 9.47 Å². The lowest BCUT2D eigenvalue weighted by Crippen LogP contribution is -2.48. The Balaban J connectivity index is 2.44. The predicted octanol–water partition coefficient (Wildman–Crippen LogP) is 2.39. The first kappa shape index (κ1) is 23.7. The molecule has 0 bridgehead atoms. The molecule has 1 heterocycles. The molecule has 0 fully saturated rings. The van der Waals surface area contributed by atoms with Crippen LogP contribution in [0, 0.1) is 5.92 Å². The lowest BCUT2D eigenvalue weighted by Gasteiger charge is -2.35. The summed E-state index contributed by atoms with van der Waals surface area (Å²) < 4.78 is 11.6. The third-order valence-corrected chi connectivity index (χ3v) is 5.45. The summed E-state index contributed by atoms with van der Waals surface area (Å²) in [6.07, 6.45) is 0.104. The van der Waals surface area contributed by atoms with Crippen molar-refractivity contribution in [2.45, 2.75) is 46.3 Å². The number of nitrogens with zero attached hydrogens (tertiary/aromatic N) is 2. The lowest BCUT2D eigenvalue weighted by molar-refractivity contribution is -0.133. The molecule has 0 aliphatic carbocycles. The Morgan fingerprint density at radius 2 is 1.97 bits per heavy atom. The highest BCUT2D eigenvalue weighted by Crippen LogP contribution is 2.26. The van der Waals surface area contributed by atoms with Gasteiger partial charge in [0.2, 0.25) is 11.8 Å². The number of carbonyl (C=O) groups is 3. The van der Waals surface area contributed by atoms with E-state index in [0.29, 0.717) is 36.5 Å². The SMILES string of the molecule is CCC(=O)Nc1ccc2c(c1)C(=O)N(C)C[C@H](OC)[C@@H](C)CN(C(C)=O)[C@@H](C)CO2. The van der Waals surface area contributed by atoms with Crippen molar-refractivity contribution in [2.24, 2.45) is 5.92 Å². The fourth-order valence-corrected chi connectivity index (χ4v) is 3.54. The fraction of sp³-hybridized carbons (Fsp3) is 0.591. The normalized spacial score (nSPS) is 23.0. The fourth-order valence-electron chi connectivity index (χ4n) is 3.54. The highest BCUT2D eigenvalue weighted by atomic mass is 16.5. The molecule has 2 rings (SSSR count). The topological polar surface area (TPSA) is 88.2 Å². The van der Waals surface area contributed by atoms with Crippen LogP contribution in [-0.4, -0.2) is 73.5 Å². The third-order valence-electron chi connectivity index (χ3n) is 5.45. The molecular formula is C22H33N3O5. The van der Waals surface area contributed by atoms with Crippen LogP contribution in [0.1, 0.15) is 44.5 Å². The summed E-state index contributed by atoms with van der Waals surface area (Å²) in [7, 11) is 3.32. The Kier molecular flexibility index (Phi) is 8.23. The molecule has 0 aromatic heterocycles. The molecule has 1 aromatic rings. The van der Waals surface area contributed by atoms with Gasteiger partial charge in [-0.1, -0.05) is 13.8 Å². The summed E-state index contributed by atoms with van der Waals surface area (Å²) in [6.45, 7) is 8.35. The number of rotatable bonds is 3. The van der Waals surface area contributed by atoms with E-state index < -0.39 is 0 Å². The van der Waals surface area contributed by atoms with Crippen molar-refractivity contribution in [3.05, 3.63) is 23.8 Å². The Hall–Kier alpha value is -2.61. The Bertz CT molecular complexity index is 782. The van der Waals surface area contributed by atoms with Gasteiger partial charge in [0.05, 0.1) is 17.7 Å². The average molecular weight is 420 g/mol. The molecule has 3 amide bonds. The van der Waals surface area contributed by atoms with Crippen molar-refractivity contribution in [3.8, 4) is 5.75 Å². The number of likely N-dealkylation sites (N-methyl/N-ethyl adjacent to an activating group) is 1. The zero-order valence-corrected chi connectivity index (χ0v) is 18.7. The van der Waals surface area contributed by atoms with Crippen molar-refractivity contribution < 1.29 is 23.9 Å². The van der Waals surface area contributed by atoms with Crippen LogP contribution in [0.5, 0.6) is 5.75 Å². The summed E-state index contributed by atoms with van der Waals surface area (Å²) >= 11 is 0. The number of amides is 3. The van der Waals surface area contributed by atoms with Gasteiger partial charge in [-0.15, -0.1) is 0 Å². The van der Waals surface area contributed by atoms with Gasteiger partial charge in [-0.05, 0) is 25.1 Å². The van der Waals surface area contributed by atoms with Gasteiger partial charge in [0.1, 0.15) is 12.4 Å². The van der Waals surface area contributed by atoms with E-state index in [2.05, 4.69) is 5.32 Å². The van der Waals surface area contributed by atoms with Crippen LogP contribution in [0.4, 0.5) is 5.69 Å². The van der Waals surface area contributed by atoms with Crippen LogP contribution in [0.2, 0.25) is 0 Å². The lowest BCUT2D eigenvalue weighted by atomic mass is 10.0. The first-order valence-corrected chi connectivity index (χ1v) is 10.3. The molecule has 0 saturated carbocycles. The summed E-state index contributed by atoms with van der Waals surface area (Å²) in [5, 5.41) is 2.78. The molecule has 0 unspecified atom stereocenters.